The summed E-state index contributed by atoms with van der Waals surface area (Å²) in [6.07, 6.45) is 0. The molecule has 0 spiro atoms. The number of nitrogens with one attached hydrogen (secondary N) is 1. The van der Waals surface area contributed by atoms with Gasteiger partial charge >= 0.3 is 0 Å². The molecular weight excluding hydrogens is 126 g/mol. The van der Waals surface area contributed by atoms with Crippen LogP contribution in [0.2, 0.25) is 0 Å². The first kappa shape index (κ1) is 5.89. The van der Waals surface area contributed by atoms with E-state index in [1.165, 1.54) is 11.1 Å². The highest BCUT2D eigenvalue weighted by Gasteiger charge is 2.14. The van der Waals surface area contributed by atoms with E-state index < -0.39 is 0 Å². The van der Waals surface area contributed by atoms with Crippen molar-refractivity contribution in [1.82, 2.24) is 0 Å². The normalized spacial score (nSPS) is 17.3. The molecule has 0 saturated heterocycles. The maximum atomic E-state index is 10.9. The molecule has 1 heterocycles. The molecule has 0 aliphatic carbocycles. The average Bonchev–Trinajstić information content (AvgIpc) is 2.27. The third-order valence-corrected chi connectivity index (χ3v) is 1.89. The van der Waals surface area contributed by atoms with Gasteiger partial charge in [-0.25, -0.2) is 0 Å². The summed E-state index contributed by atoms with van der Waals surface area (Å²) in [6, 6.07) is 8.02. The molecule has 10 heavy (non-hydrogen) atoms. The van der Waals surface area contributed by atoms with Gasteiger partial charge in [0.15, 0.2) is 0 Å². The molecule has 0 fully saturated rings. The maximum absolute atomic E-state index is 10.9. The quantitative estimate of drug-likeness (QED) is 0.501. The van der Waals surface area contributed by atoms with Gasteiger partial charge in [-0.1, -0.05) is 24.3 Å². The molecule has 2 heteroatoms. The minimum atomic E-state index is 0.348. The summed E-state index contributed by atoms with van der Waals surface area (Å²) in [7, 11) is 0. The standard InChI is InChI=1S/C8H9NO/c10-9-5-7-3-1-2-4-8(7)6-9/h1-4,9H,5-6H2. The summed E-state index contributed by atoms with van der Waals surface area (Å²) in [5.41, 5.74) is 2.43. The molecule has 1 N–H and O–H groups in total. The Bertz CT molecular complexity index is 222. The van der Waals surface area contributed by atoms with Gasteiger partial charge in [-0.15, -0.1) is 0 Å². The zero-order valence-electron chi connectivity index (χ0n) is 5.63. The van der Waals surface area contributed by atoms with E-state index in [-0.39, 0.29) is 0 Å². The predicted octanol–water partition coefficient (Wildman–Crippen LogP) is 0.0829. The molecule has 0 saturated carbocycles. The SMILES string of the molecule is [O-][NH+]1Cc2ccccc2C1. The van der Waals surface area contributed by atoms with E-state index in [2.05, 4.69) is 0 Å². The van der Waals surface area contributed by atoms with Gasteiger partial charge < -0.3 is 10.3 Å². The number of rotatable bonds is 0. The highest BCUT2D eigenvalue weighted by atomic mass is 16.5. The lowest BCUT2D eigenvalue weighted by molar-refractivity contribution is -0.869. The van der Waals surface area contributed by atoms with Crippen molar-refractivity contribution in [3.8, 4) is 0 Å². The van der Waals surface area contributed by atoms with Crippen LogP contribution in [0.1, 0.15) is 11.1 Å². The zero-order chi connectivity index (χ0) is 6.97. The zero-order valence-corrected chi connectivity index (χ0v) is 5.63. The molecule has 52 valence electrons. The third-order valence-electron chi connectivity index (χ3n) is 1.89. The van der Waals surface area contributed by atoms with Gasteiger partial charge in [-0.2, -0.15) is 0 Å². The minimum Gasteiger partial charge on any atom is -0.634 e. The van der Waals surface area contributed by atoms with E-state index >= 15 is 0 Å². The van der Waals surface area contributed by atoms with Crippen LogP contribution in [0.25, 0.3) is 0 Å². The van der Waals surface area contributed by atoms with Crippen molar-refractivity contribution < 1.29 is 5.06 Å². The molecule has 0 amide bonds. The van der Waals surface area contributed by atoms with Crippen molar-refractivity contribution in [2.45, 2.75) is 13.1 Å². The summed E-state index contributed by atoms with van der Waals surface area (Å²) in [5, 5.41) is 11.2. The lowest BCUT2D eigenvalue weighted by Gasteiger charge is -2.12. The Morgan fingerprint density at radius 1 is 1.10 bits per heavy atom. The fraction of sp³-hybridized carbons (Fsp3) is 0.250. The molecule has 0 aromatic heterocycles. The molecule has 1 aromatic carbocycles. The number of fused-ring (bicyclic) bond motifs is 1. The summed E-state index contributed by atoms with van der Waals surface area (Å²) in [4.78, 5) is 0. The number of quaternary nitrogens is 1. The van der Waals surface area contributed by atoms with Gasteiger partial charge in [0.05, 0.1) is 0 Å². The lowest BCUT2D eigenvalue weighted by atomic mass is 10.1. The number of hydrogen-bond donors (Lipinski definition) is 1. The Labute approximate surface area is 59.7 Å². The van der Waals surface area contributed by atoms with Gasteiger partial charge in [-0.3, -0.25) is 0 Å². The van der Waals surface area contributed by atoms with Gasteiger partial charge in [0.25, 0.3) is 0 Å². The molecular formula is C8H9NO. The predicted molar refractivity (Wildman–Crippen MR) is 38.2 cm³/mol. The number of hydrogen-bond acceptors (Lipinski definition) is 1. The van der Waals surface area contributed by atoms with Crippen molar-refractivity contribution in [3.63, 3.8) is 0 Å². The van der Waals surface area contributed by atoms with Gasteiger partial charge in [0.2, 0.25) is 0 Å². The Kier molecular flexibility index (Phi) is 1.22. The largest absolute Gasteiger partial charge is 0.634 e. The average molecular weight is 135 g/mol. The number of hydroxylamine groups is 2. The van der Waals surface area contributed by atoms with Gasteiger partial charge in [0, 0.05) is 11.1 Å². The minimum absolute atomic E-state index is 0.348. The molecule has 1 aliphatic heterocycles. The van der Waals surface area contributed by atoms with E-state index in [0.717, 1.165) is 0 Å². The molecule has 1 aliphatic rings. The summed E-state index contributed by atoms with van der Waals surface area (Å²) in [5.74, 6) is 0. The fourth-order valence-corrected chi connectivity index (χ4v) is 1.39. The van der Waals surface area contributed by atoms with Crippen LogP contribution in [0.4, 0.5) is 0 Å². The van der Waals surface area contributed by atoms with Gasteiger partial charge in [-0.05, 0) is 0 Å². The van der Waals surface area contributed by atoms with E-state index in [9.17, 15) is 5.21 Å². The molecule has 1 aromatic rings. The van der Waals surface area contributed by atoms with E-state index in [1.807, 2.05) is 24.3 Å². The van der Waals surface area contributed by atoms with Crippen molar-refractivity contribution in [1.29, 1.82) is 0 Å². The van der Waals surface area contributed by atoms with Gasteiger partial charge in [0.1, 0.15) is 13.1 Å². The first-order valence-electron chi connectivity index (χ1n) is 3.45. The Balaban J connectivity index is 2.42. The monoisotopic (exact) mass is 135 g/mol. The smallest absolute Gasteiger partial charge is 0.103 e. The summed E-state index contributed by atoms with van der Waals surface area (Å²) < 4.78 is 0. The molecule has 2 nitrogen and oxygen atoms in total. The summed E-state index contributed by atoms with van der Waals surface area (Å²) in [6.45, 7) is 1.30. The van der Waals surface area contributed by atoms with Crippen LogP contribution in [0.5, 0.6) is 0 Å². The first-order chi connectivity index (χ1) is 4.86. The first-order valence-corrected chi connectivity index (χ1v) is 3.45. The van der Waals surface area contributed by atoms with Crippen molar-refractivity contribution >= 4 is 0 Å². The molecule has 0 radical (unpaired) electrons. The van der Waals surface area contributed by atoms with Crippen LogP contribution < -0.4 is 5.06 Å². The highest BCUT2D eigenvalue weighted by Crippen LogP contribution is 2.09. The molecule has 2 rings (SSSR count). The summed E-state index contributed by atoms with van der Waals surface area (Å²) >= 11 is 0. The van der Waals surface area contributed by atoms with E-state index in [4.69, 9.17) is 0 Å². The van der Waals surface area contributed by atoms with Crippen LogP contribution in [0.15, 0.2) is 24.3 Å². The molecule has 0 atom stereocenters. The van der Waals surface area contributed by atoms with Crippen LogP contribution in [-0.4, -0.2) is 0 Å². The highest BCUT2D eigenvalue weighted by molar-refractivity contribution is 5.27. The Morgan fingerprint density at radius 3 is 2.10 bits per heavy atom. The van der Waals surface area contributed by atoms with Crippen molar-refractivity contribution in [2.75, 3.05) is 0 Å². The Morgan fingerprint density at radius 2 is 1.60 bits per heavy atom. The van der Waals surface area contributed by atoms with Crippen LogP contribution in [-0.2, 0) is 13.1 Å². The lowest BCUT2D eigenvalue weighted by Crippen LogP contribution is -3.02. The fourth-order valence-electron chi connectivity index (χ4n) is 1.39. The van der Waals surface area contributed by atoms with Crippen LogP contribution in [0, 0.1) is 5.21 Å². The van der Waals surface area contributed by atoms with Crippen molar-refractivity contribution in [3.05, 3.63) is 40.6 Å². The second-order valence-electron chi connectivity index (χ2n) is 2.66. The molecule has 0 unspecified atom stereocenters. The second-order valence-corrected chi connectivity index (χ2v) is 2.66. The number of benzene rings is 1. The topological polar surface area (TPSA) is 27.5 Å². The van der Waals surface area contributed by atoms with Crippen molar-refractivity contribution in [2.24, 2.45) is 0 Å². The van der Waals surface area contributed by atoms with Crippen LogP contribution in [0.3, 0.4) is 0 Å². The molecule has 0 bridgehead atoms. The van der Waals surface area contributed by atoms with Crippen LogP contribution >= 0.6 is 0 Å². The van der Waals surface area contributed by atoms with E-state index in [0.29, 0.717) is 18.2 Å². The van der Waals surface area contributed by atoms with E-state index in [1.54, 1.807) is 0 Å². The third kappa shape index (κ3) is 0.818. The second kappa shape index (κ2) is 2.08. The maximum Gasteiger partial charge on any atom is 0.103 e. The Hall–Kier alpha value is -0.860.